The Morgan fingerprint density at radius 2 is 2.33 bits per heavy atom. The van der Waals surface area contributed by atoms with Crippen molar-refractivity contribution in [1.29, 1.82) is 0 Å². The number of amides is 4. The standard InChI is InChI=1S/C11H17N3O3S/c1-2-4-12-8(15)6-14-9(16)11(13-10(14)17)3-5-18-7-11/h2-7H2,1H3,(H,12,15)(H,13,17). The number of hydrogen-bond donors (Lipinski definition) is 2. The van der Waals surface area contributed by atoms with Crippen LogP contribution in [0.25, 0.3) is 0 Å². The van der Waals surface area contributed by atoms with Crippen LogP contribution in [0.1, 0.15) is 19.8 Å². The molecular weight excluding hydrogens is 254 g/mol. The normalized spacial score (nSPS) is 26.8. The summed E-state index contributed by atoms with van der Waals surface area (Å²) in [6.07, 6.45) is 1.47. The lowest BCUT2D eigenvalue weighted by Gasteiger charge is -2.18. The largest absolute Gasteiger partial charge is 0.355 e. The van der Waals surface area contributed by atoms with Gasteiger partial charge in [-0.2, -0.15) is 11.8 Å². The van der Waals surface area contributed by atoms with Crippen LogP contribution >= 0.6 is 11.8 Å². The Bertz CT molecular complexity index is 380. The first-order valence-electron chi connectivity index (χ1n) is 6.07. The van der Waals surface area contributed by atoms with Crippen molar-refractivity contribution in [3.05, 3.63) is 0 Å². The zero-order chi connectivity index (χ0) is 13.2. The maximum absolute atomic E-state index is 12.2. The zero-order valence-electron chi connectivity index (χ0n) is 10.3. The number of carbonyl (C=O) groups is 3. The summed E-state index contributed by atoms with van der Waals surface area (Å²) in [7, 11) is 0. The van der Waals surface area contributed by atoms with Crippen LogP contribution in [0.2, 0.25) is 0 Å². The van der Waals surface area contributed by atoms with Gasteiger partial charge in [0.1, 0.15) is 12.1 Å². The van der Waals surface area contributed by atoms with Gasteiger partial charge in [0.2, 0.25) is 5.91 Å². The number of imide groups is 1. The van der Waals surface area contributed by atoms with Gasteiger partial charge in [-0.3, -0.25) is 14.5 Å². The molecular formula is C11H17N3O3S. The van der Waals surface area contributed by atoms with Gasteiger partial charge in [0.05, 0.1) is 0 Å². The molecule has 2 saturated heterocycles. The van der Waals surface area contributed by atoms with Crippen LogP contribution in [-0.2, 0) is 9.59 Å². The average molecular weight is 271 g/mol. The van der Waals surface area contributed by atoms with E-state index in [1.807, 2.05) is 6.92 Å². The van der Waals surface area contributed by atoms with Crippen LogP contribution < -0.4 is 10.6 Å². The number of thioether (sulfide) groups is 1. The molecule has 18 heavy (non-hydrogen) atoms. The van der Waals surface area contributed by atoms with Gasteiger partial charge in [-0.05, 0) is 18.6 Å². The highest BCUT2D eigenvalue weighted by molar-refractivity contribution is 7.99. The fraction of sp³-hybridized carbons (Fsp3) is 0.727. The van der Waals surface area contributed by atoms with Crippen LogP contribution in [0.15, 0.2) is 0 Å². The minimum absolute atomic E-state index is 0.183. The first-order valence-corrected chi connectivity index (χ1v) is 7.23. The second-order valence-electron chi connectivity index (χ2n) is 4.56. The SMILES string of the molecule is CCCNC(=O)CN1C(=O)NC2(CCSC2)C1=O. The van der Waals surface area contributed by atoms with Gasteiger partial charge < -0.3 is 10.6 Å². The first kappa shape index (κ1) is 13.2. The lowest BCUT2D eigenvalue weighted by molar-refractivity contribution is -0.134. The lowest BCUT2D eigenvalue weighted by atomic mass is 9.99. The first-order chi connectivity index (χ1) is 8.59. The van der Waals surface area contributed by atoms with E-state index in [2.05, 4.69) is 10.6 Å². The summed E-state index contributed by atoms with van der Waals surface area (Å²) in [5.41, 5.74) is -0.757. The molecule has 2 aliphatic rings. The van der Waals surface area contributed by atoms with Crippen LogP contribution in [-0.4, -0.2) is 52.9 Å². The molecule has 2 heterocycles. The van der Waals surface area contributed by atoms with Crippen molar-refractivity contribution in [2.45, 2.75) is 25.3 Å². The number of rotatable bonds is 4. The highest BCUT2D eigenvalue weighted by Gasteiger charge is 2.53. The molecule has 7 heteroatoms. The van der Waals surface area contributed by atoms with Crippen molar-refractivity contribution < 1.29 is 14.4 Å². The molecule has 2 rings (SSSR count). The Labute approximate surface area is 110 Å². The van der Waals surface area contributed by atoms with Gasteiger partial charge in [0, 0.05) is 12.3 Å². The molecule has 2 aliphatic heterocycles. The number of hydrogen-bond acceptors (Lipinski definition) is 4. The molecule has 2 N–H and O–H groups in total. The Morgan fingerprint density at radius 1 is 1.56 bits per heavy atom. The van der Waals surface area contributed by atoms with Gasteiger partial charge in [-0.25, -0.2) is 4.79 Å². The quantitative estimate of drug-likeness (QED) is 0.702. The van der Waals surface area contributed by atoms with Crippen molar-refractivity contribution in [3.63, 3.8) is 0 Å². The van der Waals surface area contributed by atoms with Crippen LogP contribution in [0, 0.1) is 0 Å². The molecule has 1 spiro atoms. The van der Waals surface area contributed by atoms with E-state index in [4.69, 9.17) is 0 Å². The van der Waals surface area contributed by atoms with Gasteiger partial charge in [-0.15, -0.1) is 0 Å². The maximum Gasteiger partial charge on any atom is 0.325 e. The summed E-state index contributed by atoms with van der Waals surface area (Å²) in [5.74, 6) is 0.916. The van der Waals surface area contributed by atoms with Crippen molar-refractivity contribution in [2.75, 3.05) is 24.6 Å². The highest BCUT2D eigenvalue weighted by atomic mass is 32.2. The molecule has 1 atom stereocenters. The van der Waals surface area contributed by atoms with E-state index in [1.165, 1.54) is 0 Å². The van der Waals surface area contributed by atoms with E-state index < -0.39 is 11.6 Å². The summed E-state index contributed by atoms with van der Waals surface area (Å²) in [6, 6.07) is -0.450. The third-order valence-corrected chi connectivity index (χ3v) is 4.33. The number of carbonyl (C=O) groups excluding carboxylic acids is 3. The smallest absolute Gasteiger partial charge is 0.325 e. The second-order valence-corrected chi connectivity index (χ2v) is 5.66. The van der Waals surface area contributed by atoms with E-state index >= 15 is 0 Å². The van der Waals surface area contributed by atoms with Crippen molar-refractivity contribution >= 4 is 29.6 Å². The summed E-state index contributed by atoms with van der Waals surface area (Å²) in [6.45, 7) is 2.32. The summed E-state index contributed by atoms with van der Waals surface area (Å²) in [4.78, 5) is 36.5. The minimum Gasteiger partial charge on any atom is -0.355 e. The summed E-state index contributed by atoms with van der Waals surface area (Å²) >= 11 is 1.65. The topological polar surface area (TPSA) is 78.5 Å². The van der Waals surface area contributed by atoms with E-state index in [0.29, 0.717) is 18.7 Å². The van der Waals surface area contributed by atoms with E-state index in [0.717, 1.165) is 17.1 Å². The molecule has 0 radical (unpaired) electrons. The summed E-state index contributed by atoms with van der Waals surface area (Å²) in [5, 5.41) is 5.39. The number of nitrogens with one attached hydrogen (secondary N) is 2. The Morgan fingerprint density at radius 3 is 2.94 bits per heavy atom. The number of urea groups is 1. The molecule has 0 aliphatic carbocycles. The Kier molecular flexibility index (Phi) is 3.79. The minimum atomic E-state index is -0.757. The van der Waals surface area contributed by atoms with Crippen molar-refractivity contribution in [2.24, 2.45) is 0 Å². The highest BCUT2D eigenvalue weighted by Crippen LogP contribution is 2.33. The average Bonchev–Trinajstić information content (AvgIpc) is 2.89. The van der Waals surface area contributed by atoms with E-state index in [9.17, 15) is 14.4 Å². The van der Waals surface area contributed by atoms with E-state index in [-0.39, 0.29) is 18.4 Å². The third-order valence-electron chi connectivity index (χ3n) is 3.14. The number of nitrogens with zero attached hydrogens (tertiary/aromatic N) is 1. The van der Waals surface area contributed by atoms with Gasteiger partial charge >= 0.3 is 6.03 Å². The second kappa shape index (κ2) is 5.17. The Balaban J connectivity index is 1.99. The zero-order valence-corrected chi connectivity index (χ0v) is 11.1. The van der Waals surface area contributed by atoms with E-state index in [1.54, 1.807) is 11.8 Å². The van der Waals surface area contributed by atoms with Crippen molar-refractivity contribution in [3.8, 4) is 0 Å². The molecule has 4 amide bonds. The predicted molar refractivity (Wildman–Crippen MR) is 68.2 cm³/mol. The molecule has 1 unspecified atom stereocenters. The van der Waals surface area contributed by atoms with Crippen LogP contribution in [0.4, 0.5) is 4.79 Å². The van der Waals surface area contributed by atoms with Gasteiger partial charge in [-0.1, -0.05) is 6.92 Å². The monoisotopic (exact) mass is 271 g/mol. The molecule has 0 saturated carbocycles. The van der Waals surface area contributed by atoms with Gasteiger partial charge in [0.25, 0.3) is 5.91 Å². The van der Waals surface area contributed by atoms with Crippen LogP contribution in [0.5, 0.6) is 0 Å². The fourth-order valence-electron chi connectivity index (χ4n) is 2.12. The molecule has 2 fully saturated rings. The summed E-state index contributed by atoms with van der Waals surface area (Å²) < 4.78 is 0. The lowest BCUT2D eigenvalue weighted by Crippen LogP contribution is -2.47. The third kappa shape index (κ3) is 2.31. The van der Waals surface area contributed by atoms with Crippen LogP contribution in [0.3, 0.4) is 0 Å². The van der Waals surface area contributed by atoms with Gasteiger partial charge in [0.15, 0.2) is 0 Å². The maximum atomic E-state index is 12.2. The van der Waals surface area contributed by atoms with Crippen molar-refractivity contribution in [1.82, 2.24) is 15.5 Å². The molecule has 0 bridgehead atoms. The predicted octanol–water partition coefficient (Wildman–Crippen LogP) is -0.0599. The molecule has 0 aromatic heterocycles. The molecule has 0 aromatic rings. The molecule has 100 valence electrons. The Hall–Kier alpha value is -1.24. The molecule has 0 aromatic carbocycles. The fourth-order valence-corrected chi connectivity index (χ4v) is 3.44. The molecule has 6 nitrogen and oxygen atoms in total.